The molecule has 1 fully saturated rings. The second kappa shape index (κ2) is 4.30. The molecule has 0 radical (unpaired) electrons. The van der Waals surface area contributed by atoms with Crippen LogP contribution in [0.25, 0.3) is 6.08 Å². The molecular formula is C13H14O2. The Balaban J connectivity index is 2.11. The molecule has 0 bridgehead atoms. The summed E-state index contributed by atoms with van der Waals surface area (Å²) in [4.78, 5) is 11.5. The average molecular weight is 202 g/mol. The molecule has 15 heavy (non-hydrogen) atoms. The Bertz CT molecular complexity index is 389. The van der Waals surface area contributed by atoms with Crippen molar-refractivity contribution in [3.05, 3.63) is 35.9 Å². The van der Waals surface area contributed by atoms with Crippen molar-refractivity contribution in [2.45, 2.75) is 12.8 Å². The van der Waals surface area contributed by atoms with Crippen LogP contribution in [0.15, 0.2) is 30.3 Å². The summed E-state index contributed by atoms with van der Waals surface area (Å²) in [5, 5.41) is 0. The predicted molar refractivity (Wildman–Crippen MR) is 59.8 cm³/mol. The Hall–Kier alpha value is -1.57. The van der Waals surface area contributed by atoms with Crippen LogP contribution >= 0.6 is 0 Å². The van der Waals surface area contributed by atoms with Crippen molar-refractivity contribution < 1.29 is 9.53 Å². The molecule has 0 aliphatic heterocycles. The zero-order chi connectivity index (χ0) is 10.7. The fraction of sp³-hybridized carbons (Fsp3) is 0.308. The number of carbonyl (C=O) groups is 1. The van der Waals surface area contributed by atoms with Gasteiger partial charge in [-0.1, -0.05) is 18.2 Å². The highest BCUT2D eigenvalue weighted by molar-refractivity contribution is 5.97. The molecule has 0 atom stereocenters. The Morgan fingerprint density at radius 1 is 1.40 bits per heavy atom. The first kappa shape index (κ1) is 9.97. The Kier molecular flexibility index (Phi) is 2.86. The largest absolute Gasteiger partial charge is 0.496 e. The van der Waals surface area contributed by atoms with E-state index in [1.54, 1.807) is 13.2 Å². The number of allylic oxidation sites excluding steroid dienone is 1. The average Bonchev–Trinajstić information content (AvgIpc) is 3.10. The van der Waals surface area contributed by atoms with E-state index in [4.69, 9.17) is 4.74 Å². The fourth-order valence-corrected chi connectivity index (χ4v) is 1.48. The number of para-hydroxylation sites is 1. The van der Waals surface area contributed by atoms with E-state index in [1.165, 1.54) is 0 Å². The third-order valence-electron chi connectivity index (χ3n) is 2.55. The van der Waals surface area contributed by atoms with Crippen molar-refractivity contribution in [1.82, 2.24) is 0 Å². The van der Waals surface area contributed by atoms with Gasteiger partial charge >= 0.3 is 0 Å². The highest BCUT2D eigenvalue weighted by atomic mass is 16.5. The quantitative estimate of drug-likeness (QED) is 0.702. The van der Waals surface area contributed by atoms with Gasteiger partial charge in [0.05, 0.1) is 7.11 Å². The van der Waals surface area contributed by atoms with E-state index in [0.29, 0.717) is 0 Å². The van der Waals surface area contributed by atoms with Gasteiger partial charge in [-0.15, -0.1) is 0 Å². The van der Waals surface area contributed by atoms with Crippen molar-refractivity contribution in [3.8, 4) is 5.75 Å². The molecule has 2 nitrogen and oxygen atoms in total. The fourth-order valence-electron chi connectivity index (χ4n) is 1.48. The second-order valence-corrected chi connectivity index (χ2v) is 3.75. The number of methoxy groups -OCH3 is 1. The maximum atomic E-state index is 11.5. The topological polar surface area (TPSA) is 26.3 Å². The third-order valence-corrected chi connectivity index (χ3v) is 2.55. The molecule has 0 amide bonds. The summed E-state index contributed by atoms with van der Waals surface area (Å²) in [6, 6.07) is 7.68. The van der Waals surface area contributed by atoms with Gasteiger partial charge in [0.1, 0.15) is 5.75 Å². The smallest absolute Gasteiger partial charge is 0.158 e. The number of hydrogen-bond acceptors (Lipinski definition) is 2. The van der Waals surface area contributed by atoms with Crippen LogP contribution < -0.4 is 4.74 Å². The summed E-state index contributed by atoms with van der Waals surface area (Å²) >= 11 is 0. The van der Waals surface area contributed by atoms with E-state index in [1.807, 2.05) is 30.3 Å². The Labute approximate surface area is 89.6 Å². The summed E-state index contributed by atoms with van der Waals surface area (Å²) in [5.74, 6) is 1.33. The van der Waals surface area contributed by atoms with Crippen LogP contribution in [0.4, 0.5) is 0 Å². The number of rotatable bonds is 4. The molecular weight excluding hydrogens is 188 g/mol. The molecule has 0 spiro atoms. The summed E-state index contributed by atoms with van der Waals surface area (Å²) < 4.78 is 5.19. The number of ether oxygens (including phenoxy) is 1. The van der Waals surface area contributed by atoms with Crippen LogP contribution in [0, 0.1) is 5.92 Å². The summed E-state index contributed by atoms with van der Waals surface area (Å²) in [6.07, 6.45) is 5.60. The molecule has 1 aromatic carbocycles. The molecule has 0 aromatic heterocycles. The Morgan fingerprint density at radius 3 is 2.80 bits per heavy atom. The predicted octanol–water partition coefficient (Wildman–Crippen LogP) is 2.69. The molecule has 1 aliphatic rings. The lowest BCUT2D eigenvalue weighted by Gasteiger charge is -2.02. The SMILES string of the molecule is COc1ccccc1C=CC(=O)C1CC1. The van der Waals surface area contributed by atoms with Gasteiger partial charge in [0.25, 0.3) is 0 Å². The zero-order valence-electron chi connectivity index (χ0n) is 8.77. The number of benzene rings is 1. The van der Waals surface area contributed by atoms with Gasteiger partial charge in [-0.05, 0) is 31.1 Å². The highest BCUT2D eigenvalue weighted by Crippen LogP contribution is 2.30. The van der Waals surface area contributed by atoms with Crippen LogP contribution in [0.5, 0.6) is 5.75 Å². The van der Waals surface area contributed by atoms with E-state index in [0.717, 1.165) is 24.2 Å². The molecule has 1 saturated carbocycles. The van der Waals surface area contributed by atoms with Gasteiger partial charge < -0.3 is 4.74 Å². The van der Waals surface area contributed by atoms with Gasteiger partial charge in [-0.25, -0.2) is 0 Å². The first-order valence-electron chi connectivity index (χ1n) is 5.16. The van der Waals surface area contributed by atoms with Crippen molar-refractivity contribution in [2.75, 3.05) is 7.11 Å². The first-order valence-corrected chi connectivity index (χ1v) is 5.16. The standard InChI is InChI=1S/C13H14O2/c1-15-13-5-3-2-4-11(13)8-9-12(14)10-6-7-10/h2-5,8-10H,6-7H2,1H3. The normalized spacial score (nSPS) is 15.5. The molecule has 0 heterocycles. The van der Waals surface area contributed by atoms with Crippen molar-refractivity contribution >= 4 is 11.9 Å². The minimum atomic E-state index is 0.237. The number of ketones is 1. The van der Waals surface area contributed by atoms with Crippen LogP contribution in [-0.2, 0) is 4.79 Å². The molecule has 0 saturated heterocycles. The summed E-state index contributed by atoms with van der Waals surface area (Å²) in [5.41, 5.74) is 0.953. The maximum Gasteiger partial charge on any atom is 0.158 e. The monoisotopic (exact) mass is 202 g/mol. The first-order chi connectivity index (χ1) is 7.31. The maximum absolute atomic E-state index is 11.5. The molecule has 1 aliphatic carbocycles. The third kappa shape index (κ3) is 2.46. The van der Waals surface area contributed by atoms with Gasteiger partial charge in [0.15, 0.2) is 5.78 Å². The van der Waals surface area contributed by atoms with Gasteiger partial charge in [0.2, 0.25) is 0 Å². The number of carbonyl (C=O) groups excluding carboxylic acids is 1. The van der Waals surface area contributed by atoms with E-state index in [2.05, 4.69) is 0 Å². The van der Waals surface area contributed by atoms with Crippen LogP contribution in [0.3, 0.4) is 0 Å². The van der Waals surface area contributed by atoms with E-state index >= 15 is 0 Å². The lowest BCUT2D eigenvalue weighted by Crippen LogP contribution is -1.94. The number of hydrogen-bond donors (Lipinski definition) is 0. The molecule has 2 rings (SSSR count). The van der Waals surface area contributed by atoms with Gasteiger partial charge in [0, 0.05) is 11.5 Å². The second-order valence-electron chi connectivity index (χ2n) is 3.75. The highest BCUT2D eigenvalue weighted by Gasteiger charge is 2.27. The van der Waals surface area contributed by atoms with Crippen molar-refractivity contribution in [1.29, 1.82) is 0 Å². The minimum absolute atomic E-state index is 0.237. The summed E-state index contributed by atoms with van der Waals surface area (Å²) in [7, 11) is 1.63. The van der Waals surface area contributed by atoms with E-state index in [-0.39, 0.29) is 11.7 Å². The summed E-state index contributed by atoms with van der Waals surface area (Å²) in [6.45, 7) is 0. The van der Waals surface area contributed by atoms with Crippen LogP contribution in [-0.4, -0.2) is 12.9 Å². The Morgan fingerprint density at radius 2 is 2.13 bits per heavy atom. The zero-order valence-corrected chi connectivity index (χ0v) is 8.77. The van der Waals surface area contributed by atoms with Gasteiger partial charge in [-0.2, -0.15) is 0 Å². The van der Waals surface area contributed by atoms with E-state index in [9.17, 15) is 4.79 Å². The van der Waals surface area contributed by atoms with Crippen LogP contribution in [0.2, 0.25) is 0 Å². The lowest BCUT2D eigenvalue weighted by atomic mass is 10.1. The molecule has 0 N–H and O–H groups in total. The van der Waals surface area contributed by atoms with Crippen molar-refractivity contribution in [2.24, 2.45) is 5.92 Å². The lowest BCUT2D eigenvalue weighted by molar-refractivity contribution is -0.115. The van der Waals surface area contributed by atoms with Crippen molar-refractivity contribution in [3.63, 3.8) is 0 Å². The molecule has 2 heteroatoms. The van der Waals surface area contributed by atoms with Gasteiger partial charge in [-0.3, -0.25) is 4.79 Å². The minimum Gasteiger partial charge on any atom is -0.496 e. The molecule has 1 aromatic rings. The van der Waals surface area contributed by atoms with E-state index < -0.39 is 0 Å². The molecule has 78 valence electrons. The molecule has 0 unspecified atom stereocenters. The van der Waals surface area contributed by atoms with Crippen LogP contribution in [0.1, 0.15) is 18.4 Å².